The predicted octanol–water partition coefficient (Wildman–Crippen LogP) is 3.99. The Hall–Kier alpha value is -1.07. The second-order valence-corrected chi connectivity index (χ2v) is 5.35. The molecule has 3 aliphatic carbocycles. The van der Waals surface area contributed by atoms with Gasteiger partial charge in [0.05, 0.1) is 0 Å². The van der Waals surface area contributed by atoms with Crippen molar-refractivity contribution in [1.82, 2.24) is 0 Å². The first-order valence-corrected chi connectivity index (χ1v) is 5.44. The van der Waals surface area contributed by atoms with Gasteiger partial charge in [-0.05, 0) is 17.0 Å². The Bertz CT molecular complexity index is 473. The number of hydrogen-bond acceptors (Lipinski definition) is 0. The van der Waals surface area contributed by atoms with Gasteiger partial charge in [0.15, 0.2) is 11.6 Å². The first-order valence-electron chi connectivity index (χ1n) is 5.44. The highest BCUT2D eigenvalue weighted by Gasteiger charge is 2.74. The molecule has 0 aromatic heterocycles. The summed E-state index contributed by atoms with van der Waals surface area (Å²) in [6.45, 7) is -4.87. The van der Waals surface area contributed by atoms with Crippen LogP contribution in [0.1, 0.15) is 24.8 Å². The molecule has 0 atom stereocenters. The summed E-state index contributed by atoms with van der Waals surface area (Å²) < 4.78 is 64.6. The van der Waals surface area contributed by atoms with Gasteiger partial charge in [-0.2, -0.15) is 0 Å². The maximum absolute atomic E-state index is 13.5. The lowest BCUT2D eigenvalue weighted by Gasteiger charge is -2.75. The summed E-state index contributed by atoms with van der Waals surface area (Å²) in [5.41, 5.74) is -0.650. The van der Waals surface area contributed by atoms with Crippen molar-refractivity contribution in [2.24, 2.45) is 0 Å². The minimum absolute atomic E-state index is 0.0795. The smallest absolute Gasteiger partial charge is 0.449 e. The molecule has 0 aliphatic heterocycles. The van der Waals surface area contributed by atoms with E-state index in [1.165, 1.54) is 12.1 Å². The summed E-state index contributed by atoms with van der Waals surface area (Å²) in [5.74, 6) is -1.98. The quantitative estimate of drug-likeness (QED) is 0.547. The Balaban J connectivity index is 1.90. The van der Waals surface area contributed by atoms with E-state index in [1.54, 1.807) is 0 Å². The van der Waals surface area contributed by atoms with Crippen molar-refractivity contribution < 1.29 is 21.7 Å². The normalized spacial score (nSPS) is 35.1. The van der Waals surface area contributed by atoms with Gasteiger partial charge in [0.25, 0.3) is 0 Å². The van der Waals surface area contributed by atoms with Gasteiger partial charge in [0.1, 0.15) is 0 Å². The van der Waals surface area contributed by atoms with E-state index in [0.717, 1.165) is 6.07 Å². The zero-order valence-electron chi connectivity index (χ0n) is 8.82. The van der Waals surface area contributed by atoms with Crippen LogP contribution in [-0.4, -0.2) is 6.98 Å². The van der Waals surface area contributed by atoms with E-state index in [-0.39, 0.29) is 24.8 Å². The summed E-state index contributed by atoms with van der Waals surface area (Å²) >= 11 is 0. The van der Waals surface area contributed by atoms with Crippen LogP contribution in [0.25, 0.3) is 0 Å². The van der Waals surface area contributed by atoms with Gasteiger partial charge in [-0.25, -0.2) is 8.78 Å². The monoisotopic (exact) mass is 247 g/mol. The summed E-state index contributed by atoms with van der Waals surface area (Å²) in [4.78, 5) is 0. The highest BCUT2D eigenvalue weighted by molar-refractivity contribution is 6.63. The molecule has 6 heteroatoms. The largest absolute Gasteiger partial charge is 0.484 e. The maximum Gasteiger partial charge on any atom is 0.484 e. The Labute approximate surface area is 94.9 Å². The third-order valence-corrected chi connectivity index (χ3v) is 4.29. The minimum atomic E-state index is -4.87. The predicted molar refractivity (Wildman–Crippen MR) is 53.7 cm³/mol. The Kier molecular flexibility index (Phi) is 1.85. The van der Waals surface area contributed by atoms with Crippen LogP contribution in [0.4, 0.5) is 21.7 Å². The van der Waals surface area contributed by atoms with Gasteiger partial charge in [-0.3, -0.25) is 0 Å². The Morgan fingerprint density at radius 1 is 1.00 bits per heavy atom. The molecule has 0 amide bonds. The number of halogens is 5. The molecule has 17 heavy (non-hydrogen) atoms. The van der Waals surface area contributed by atoms with Gasteiger partial charge in [-0.15, -0.1) is 0 Å². The van der Waals surface area contributed by atoms with Gasteiger partial charge < -0.3 is 12.9 Å². The molecule has 1 aromatic rings. The number of benzene rings is 1. The summed E-state index contributed by atoms with van der Waals surface area (Å²) in [5, 5.41) is -1.57. The summed E-state index contributed by atoms with van der Waals surface area (Å²) in [7, 11) is 0. The van der Waals surface area contributed by atoms with Gasteiger partial charge >= 0.3 is 6.98 Å². The zero-order chi connectivity index (χ0) is 12.5. The van der Waals surface area contributed by atoms with E-state index in [0.29, 0.717) is 0 Å². The molecule has 3 fully saturated rings. The van der Waals surface area contributed by atoms with Crippen molar-refractivity contribution in [2.75, 3.05) is 0 Å². The molecule has 3 aliphatic rings. The lowest BCUT2D eigenvalue weighted by atomic mass is 9.23. The molecule has 3 saturated carbocycles. The van der Waals surface area contributed by atoms with Crippen molar-refractivity contribution in [3.05, 3.63) is 35.4 Å². The van der Waals surface area contributed by atoms with Crippen LogP contribution < -0.4 is 0 Å². The lowest BCUT2D eigenvalue weighted by molar-refractivity contribution is -0.0427. The number of rotatable bonds is 2. The van der Waals surface area contributed by atoms with Crippen LogP contribution in [0, 0.1) is 11.6 Å². The van der Waals surface area contributed by atoms with Crippen LogP contribution in [-0.2, 0) is 5.41 Å². The third kappa shape index (κ3) is 1.18. The van der Waals surface area contributed by atoms with E-state index in [9.17, 15) is 21.7 Å². The highest BCUT2D eigenvalue weighted by Crippen LogP contribution is 2.82. The van der Waals surface area contributed by atoms with Crippen LogP contribution in [0.3, 0.4) is 0 Å². The topological polar surface area (TPSA) is 0 Å². The second-order valence-electron chi connectivity index (χ2n) is 5.35. The van der Waals surface area contributed by atoms with E-state index in [1.807, 2.05) is 0 Å². The van der Waals surface area contributed by atoms with Crippen LogP contribution in [0.5, 0.6) is 0 Å². The van der Waals surface area contributed by atoms with E-state index >= 15 is 0 Å². The van der Waals surface area contributed by atoms with Crippen LogP contribution in [0.15, 0.2) is 18.2 Å². The second kappa shape index (κ2) is 2.84. The fraction of sp³-hybridized carbons (Fsp3) is 0.455. The number of hydrogen-bond donors (Lipinski definition) is 0. The first-order chi connectivity index (χ1) is 7.80. The van der Waals surface area contributed by atoms with Crippen molar-refractivity contribution >= 4 is 6.98 Å². The molecule has 0 nitrogen and oxygen atoms in total. The highest BCUT2D eigenvalue weighted by atomic mass is 19.4. The zero-order valence-corrected chi connectivity index (χ0v) is 8.82. The molecule has 92 valence electrons. The molecule has 2 bridgehead atoms. The Morgan fingerprint density at radius 2 is 1.59 bits per heavy atom. The van der Waals surface area contributed by atoms with Crippen LogP contribution in [0.2, 0.25) is 5.31 Å². The molecule has 0 saturated heterocycles. The van der Waals surface area contributed by atoms with E-state index in [4.69, 9.17) is 0 Å². The summed E-state index contributed by atoms with van der Waals surface area (Å²) in [6, 6.07) is 3.72. The summed E-state index contributed by atoms with van der Waals surface area (Å²) in [6.07, 6.45) is -0.238. The van der Waals surface area contributed by atoms with Crippen molar-refractivity contribution in [3.8, 4) is 0 Å². The standard InChI is InChI=1S/C11H9BF5/c13-8-3-1-2-7(9(8)14)10-4-11(5-10,6-10)12(15,16)17/h1-3H,4-6H2/q-1. The SMILES string of the molecule is Fc1cccc(C23CC([B-](F)(F)F)(C2)C3)c1F. The van der Waals surface area contributed by atoms with E-state index < -0.39 is 29.3 Å². The molecule has 0 N–H and O–H groups in total. The molecular formula is C11H9BF5-. The van der Waals surface area contributed by atoms with Gasteiger partial charge in [-0.1, -0.05) is 36.7 Å². The molecule has 1 aromatic carbocycles. The average Bonchev–Trinajstić information content (AvgIpc) is 2.05. The van der Waals surface area contributed by atoms with Gasteiger partial charge in [0, 0.05) is 0 Å². The minimum Gasteiger partial charge on any atom is -0.449 e. The van der Waals surface area contributed by atoms with Crippen LogP contribution >= 0.6 is 0 Å². The fourth-order valence-electron chi connectivity index (χ4n) is 3.41. The van der Waals surface area contributed by atoms with Crippen molar-refractivity contribution in [2.45, 2.75) is 30.0 Å². The molecule has 0 heterocycles. The van der Waals surface area contributed by atoms with E-state index in [2.05, 4.69) is 0 Å². The molecule has 0 radical (unpaired) electrons. The molecule has 4 rings (SSSR count). The average molecular weight is 247 g/mol. The first kappa shape index (κ1) is 11.0. The Morgan fingerprint density at radius 3 is 2.12 bits per heavy atom. The fourth-order valence-corrected chi connectivity index (χ4v) is 3.41. The molecular weight excluding hydrogens is 238 g/mol. The van der Waals surface area contributed by atoms with Gasteiger partial charge in [0.2, 0.25) is 0 Å². The third-order valence-electron chi connectivity index (χ3n) is 4.29. The molecule has 0 spiro atoms. The van der Waals surface area contributed by atoms with Crippen molar-refractivity contribution in [3.63, 3.8) is 0 Å². The van der Waals surface area contributed by atoms with Crippen molar-refractivity contribution in [1.29, 1.82) is 0 Å². The molecule has 0 unspecified atom stereocenters. The maximum atomic E-state index is 13.5. The lowest BCUT2D eigenvalue weighted by Crippen LogP contribution is -2.67.